The first-order valence-electron chi connectivity index (χ1n) is 13.1. The third-order valence-electron chi connectivity index (χ3n) is 7.38. The molecule has 3 aromatic carbocycles. The molecule has 1 N–H and O–H groups in total. The zero-order valence-electron chi connectivity index (χ0n) is 22.6. The molecule has 4 aromatic rings. The van der Waals surface area contributed by atoms with Crippen molar-refractivity contribution in [3.05, 3.63) is 103 Å². The van der Waals surface area contributed by atoms with Gasteiger partial charge in [-0.25, -0.2) is 4.90 Å². The van der Waals surface area contributed by atoms with E-state index < -0.39 is 58.0 Å². The molecule has 1 saturated heterocycles. The van der Waals surface area contributed by atoms with Crippen molar-refractivity contribution in [2.75, 3.05) is 17.3 Å². The highest BCUT2D eigenvalue weighted by molar-refractivity contribution is 9.10. The number of hydrogen-bond acceptors (Lipinski definition) is 7. The molecule has 0 saturated carbocycles. The highest BCUT2D eigenvalue weighted by atomic mass is 79.9. The van der Waals surface area contributed by atoms with Gasteiger partial charge < -0.3 is 10.1 Å². The number of imide groups is 1. The van der Waals surface area contributed by atoms with Gasteiger partial charge in [0.1, 0.15) is 17.5 Å². The van der Waals surface area contributed by atoms with Gasteiger partial charge in [-0.15, -0.1) is 0 Å². The predicted molar refractivity (Wildman–Crippen MR) is 163 cm³/mol. The van der Waals surface area contributed by atoms with E-state index in [1.807, 2.05) is 0 Å². The van der Waals surface area contributed by atoms with Crippen LogP contribution in [0, 0.1) is 5.92 Å². The molecule has 3 heterocycles. The van der Waals surface area contributed by atoms with Gasteiger partial charge in [-0.2, -0.15) is 13.2 Å². The summed E-state index contributed by atoms with van der Waals surface area (Å²) in [5, 5.41) is 1.85. The Hall–Kier alpha value is -3.88. The Balaban J connectivity index is 1.40. The monoisotopic (exact) mass is 703 g/mol. The third kappa shape index (κ3) is 5.35. The Morgan fingerprint density at radius 3 is 2.43 bits per heavy atom. The number of thioether (sulfide) groups is 1. The van der Waals surface area contributed by atoms with Crippen LogP contribution >= 0.6 is 39.0 Å². The Kier molecular flexibility index (Phi) is 7.92. The first-order chi connectivity index (χ1) is 21.0. The molecule has 0 spiro atoms. The van der Waals surface area contributed by atoms with Gasteiger partial charge in [0.15, 0.2) is 0 Å². The molecule has 8 nitrogen and oxygen atoms in total. The number of rotatable bonds is 6. The van der Waals surface area contributed by atoms with Crippen LogP contribution in [-0.2, 0) is 27.1 Å². The second kappa shape index (κ2) is 11.6. The lowest BCUT2D eigenvalue weighted by atomic mass is 9.82. The normalized spacial score (nSPS) is 19.5. The summed E-state index contributed by atoms with van der Waals surface area (Å²) < 4.78 is 47.1. The molecule has 2 aliphatic rings. The first kappa shape index (κ1) is 30.2. The minimum absolute atomic E-state index is 0.0803. The van der Waals surface area contributed by atoms with Gasteiger partial charge in [-0.05, 0) is 48.5 Å². The van der Waals surface area contributed by atoms with Crippen LogP contribution < -0.4 is 19.8 Å². The zero-order chi connectivity index (χ0) is 31.3. The fourth-order valence-corrected chi connectivity index (χ4v) is 8.50. The third-order valence-corrected chi connectivity index (χ3v) is 10.5. The summed E-state index contributed by atoms with van der Waals surface area (Å²) in [4.78, 5) is 55.4. The minimum atomic E-state index is -4.60. The predicted octanol–water partition coefficient (Wildman–Crippen LogP) is 6.13. The average Bonchev–Trinajstić information content (AvgIpc) is 3.43. The number of aromatic nitrogens is 1. The Morgan fingerprint density at radius 1 is 1.00 bits per heavy atom. The lowest BCUT2D eigenvalue weighted by Crippen LogP contribution is -2.33. The van der Waals surface area contributed by atoms with Crippen LogP contribution in [0.15, 0.2) is 87.1 Å². The Labute approximate surface area is 265 Å². The van der Waals surface area contributed by atoms with Crippen LogP contribution in [0.4, 0.5) is 24.5 Å². The topological polar surface area (TPSA) is 97.7 Å². The van der Waals surface area contributed by atoms with Gasteiger partial charge in [0.05, 0.1) is 29.3 Å². The molecule has 6 rings (SSSR count). The SMILES string of the molecule is COc1ccccc1[C@@H]1c2sc(=O)n(CC(=O)Nc3cccc(C(F)(F)F)c3)c2S[C@H]2C(=O)N(c3ccc(Br)cc3)C(=O)[C@@H]12. The second-order valence-corrected chi connectivity index (χ2v) is 13.1. The van der Waals surface area contributed by atoms with E-state index in [4.69, 9.17) is 4.74 Å². The fourth-order valence-electron chi connectivity index (χ4n) is 5.48. The molecule has 0 unspecified atom stereocenters. The maximum atomic E-state index is 14.0. The van der Waals surface area contributed by atoms with E-state index in [-0.39, 0.29) is 5.69 Å². The molecule has 14 heteroatoms. The van der Waals surface area contributed by atoms with Crippen LogP contribution in [-0.4, -0.2) is 34.6 Å². The van der Waals surface area contributed by atoms with Crippen LogP contribution in [0.25, 0.3) is 0 Å². The molecule has 44 heavy (non-hydrogen) atoms. The number of hydrogen-bond donors (Lipinski definition) is 1. The highest BCUT2D eigenvalue weighted by Crippen LogP contribution is 2.55. The average molecular weight is 705 g/mol. The van der Waals surface area contributed by atoms with Crippen molar-refractivity contribution < 1.29 is 32.3 Å². The summed E-state index contributed by atoms with van der Waals surface area (Å²) >= 11 is 5.26. The molecule has 226 valence electrons. The van der Waals surface area contributed by atoms with Crippen LogP contribution in [0.5, 0.6) is 5.75 Å². The van der Waals surface area contributed by atoms with E-state index in [1.54, 1.807) is 48.5 Å². The highest BCUT2D eigenvalue weighted by Gasteiger charge is 2.57. The smallest absolute Gasteiger partial charge is 0.416 e. The Bertz CT molecular complexity index is 1860. The molecule has 1 fully saturated rings. The number of alkyl halides is 3. The largest absolute Gasteiger partial charge is 0.496 e. The molecule has 0 radical (unpaired) electrons. The number of fused-ring (bicyclic) bond motifs is 2. The van der Waals surface area contributed by atoms with Gasteiger partial charge in [0.25, 0.3) is 0 Å². The van der Waals surface area contributed by atoms with Crippen molar-refractivity contribution in [3.63, 3.8) is 0 Å². The van der Waals surface area contributed by atoms with E-state index in [0.717, 1.165) is 44.6 Å². The standard InChI is InChI=1S/C30H21BrF3N3O5S2/c1-42-20-8-3-2-7-19(20)22-23-24(27(40)37(26(23)39)18-11-9-16(31)10-12-18)43-28-25(22)44-29(41)36(28)14-21(38)35-17-6-4-5-15(13-17)30(32,33)34/h2-13,22-24H,14H2,1H3,(H,35,38)/t22-,23-,24+/m0/s1. The number of benzene rings is 3. The van der Waals surface area contributed by atoms with E-state index in [2.05, 4.69) is 21.2 Å². The summed E-state index contributed by atoms with van der Waals surface area (Å²) in [5.74, 6) is -2.76. The maximum Gasteiger partial charge on any atom is 0.416 e. The van der Waals surface area contributed by atoms with Crippen LogP contribution in [0.2, 0.25) is 0 Å². The van der Waals surface area contributed by atoms with Crippen molar-refractivity contribution >= 4 is 68.1 Å². The number of thiazole rings is 1. The molecular weight excluding hydrogens is 683 g/mol. The number of halogens is 4. The van der Waals surface area contributed by atoms with Crippen molar-refractivity contribution in [3.8, 4) is 5.75 Å². The van der Waals surface area contributed by atoms with Gasteiger partial charge in [0.2, 0.25) is 17.7 Å². The lowest BCUT2D eigenvalue weighted by Gasteiger charge is -2.31. The van der Waals surface area contributed by atoms with Crippen molar-refractivity contribution in [1.82, 2.24) is 4.57 Å². The maximum absolute atomic E-state index is 14.0. The summed E-state index contributed by atoms with van der Waals surface area (Å²) in [6.45, 7) is -0.511. The molecule has 3 atom stereocenters. The fraction of sp³-hybridized carbons (Fsp3) is 0.200. The molecule has 1 aromatic heterocycles. The van der Waals surface area contributed by atoms with E-state index in [0.29, 0.717) is 26.9 Å². The van der Waals surface area contributed by atoms with Gasteiger partial charge in [-0.3, -0.25) is 23.7 Å². The number of nitrogens with one attached hydrogen (secondary N) is 1. The molecule has 0 aliphatic carbocycles. The van der Waals surface area contributed by atoms with Crippen LogP contribution in [0.1, 0.15) is 21.9 Å². The zero-order valence-corrected chi connectivity index (χ0v) is 25.9. The first-order valence-corrected chi connectivity index (χ1v) is 15.6. The quantitative estimate of drug-likeness (QED) is 0.243. The summed E-state index contributed by atoms with van der Waals surface area (Å²) in [7, 11) is 1.48. The van der Waals surface area contributed by atoms with Crippen molar-refractivity contribution in [2.24, 2.45) is 5.92 Å². The minimum Gasteiger partial charge on any atom is -0.496 e. The van der Waals surface area contributed by atoms with E-state index >= 15 is 0 Å². The number of methoxy groups -OCH3 is 1. The lowest BCUT2D eigenvalue weighted by molar-refractivity contribution is -0.137. The van der Waals surface area contributed by atoms with Gasteiger partial charge >= 0.3 is 11.0 Å². The van der Waals surface area contributed by atoms with E-state index in [1.165, 1.54) is 23.8 Å². The van der Waals surface area contributed by atoms with Crippen molar-refractivity contribution in [2.45, 2.75) is 28.9 Å². The molecule has 0 bridgehead atoms. The Morgan fingerprint density at radius 2 is 1.73 bits per heavy atom. The summed E-state index contributed by atoms with van der Waals surface area (Å²) in [6.07, 6.45) is -4.60. The molecule has 2 aliphatic heterocycles. The number of carbonyl (C=O) groups is 3. The number of anilines is 2. The van der Waals surface area contributed by atoms with Crippen molar-refractivity contribution in [1.29, 1.82) is 0 Å². The number of para-hydroxylation sites is 1. The number of carbonyl (C=O) groups excluding carboxylic acids is 3. The van der Waals surface area contributed by atoms with Crippen LogP contribution in [0.3, 0.4) is 0 Å². The number of ether oxygens (including phenoxy) is 1. The molecular formula is C30H21BrF3N3O5S2. The summed E-state index contributed by atoms with van der Waals surface area (Å²) in [6, 6.07) is 18.0. The summed E-state index contributed by atoms with van der Waals surface area (Å²) in [5.41, 5.74) is -0.00461. The second-order valence-electron chi connectivity index (χ2n) is 10.0. The van der Waals surface area contributed by atoms with Gasteiger partial charge in [-0.1, -0.05) is 63.3 Å². The molecule has 3 amide bonds. The number of amides is 3. The van der Waals surface area contributed by atoms with Gasteiger partial charge in [0, 0.05) is 26.5 Å². The van der Waals surface area contributed by atoms with E-state index in [9.17, 15) is 32.3 Å². The number of nitrogens with zero attached hydrogens (tertiary/aromatic N) is 2.